The molecule has 0 aliphatic rings. The Morgan fingerprint density at radius 3 is 2.48 bits per heavy atom. The number of nitrogens with one attached hydrogen (secondary N) is 1. The zero-order valence-corrected chi connectivity index (χ0v) is 13.5. The monoisotopic (exact) mass is 291 g/mol. The maximum absolute atomic E-state index is 9.35. The van der Waals surface area contributed by atoms with Crippen molar-refractivity contribution in [2.45, 2.75) is 59.0 Å². The lowest BCUT2D eigenvalue weighted by Crippen LogP contribution is -2.24. The van der Waals surface area contributed by atoms with Gasteiger partial charge in [-0.25, -0.2) is 9.97 Å². The average molecular weight is 291 g/mol. The summed E-state index contributed by atoms with van der Waals surface area (Å²) in [5.74, 6) is 0.829. The molecule has 1 atom stereocenters. The highest BCUT2D eigenvalue weighted by Gasteiger charge is 2.17. The summed E-state index contributed by atoms with van der Waals surface area (Å²) in [6, 6.07) is 0.260. The third-order valence-corrected chi connectivity index (χ3v) is 3.60. The Morgan fingerprint density at radius 1 is 1.24 bits per heavy atom. The summed E-state index contributed by atoms with van der Waals surface area (Å²) in [5, 5.41) is 12.6. The molecule has 21 heavy (non-hydrogen) atoms. The number of imidazole rings is 1. The molecule has 2 rings (SSSR count). The van der Waals surface area contributed by atoms with E-state index in [2.05, 4.69) is 48.0 Å². The van der Waals surface area contributed by atoms with Crippen LogP contribution < -0.4 is 5.32 Å². The molecule has 6 heteroatoms. The van der Waals surface area contributed by atoms with Crippen molar-refractivity contribution in [1.82, 2.24) is 19.5 Å². The number of hydrogen-bond donors (Lipinski definition) is 2. The quantitative estimate of drug-likeness (QED) is 0.856. The zero-order valence-electron chi connectivity index (χ0n) is 13.5. The van der Waals surface area contributed by atoms with Crippen LogP contribution in [0.5, 0.6) is 0 Å². The summed E-state index contributed by atoms with van der Waals surface area (Å²) in [7, 11) is 0. The molecule has 0 bridgehead atoms. The Morgan fingerprint density at radius 2 is 1.95 bits per heavy atom. The number of aliphatic hydroxyl groups is 1. The van der Waals surface area contributed by atoms with Crippen LogP contribution in [0.1, 0.15) is 58.7 Å². The van der Waals surface area contributed by atoms with Crippen molar-refractivity contribution in [3.63, 3.8) is 0 Å². The number of fused-ring (bicyclic) bond motifs is 1. The van der Waals surface area contributed by atoms with Crippen molar-refractivity contribution < 1.29 is 5.11 Å². The summed E-state index contributed by atoms with van der Waals surface area (Å²) < 4.78 is 2.05. The van der Waals surface area contributed by atoms with Crippen molar-refractivity contribution in [1.29, 1.82) is 0 Å². The molecule has 0 aliphatic carbocycles. The molecule has 0 aliphatic heterocycles. The van der Waals surface area contributed by atoms with E-state index in [9.17, 15) is 5.11 Å². The van der Waals surface area contributed by atoms with Crippen LogP contribution in [0.15, 0.2) is 6.33 Å². The highest BCUT2D eigenvalue weighted by molar-refractivity contribution is 5.75. The molecule has 0 aromatic carbocycles. The van der Waals surface area contributed by atoms with E-state index in [4.69, 9.17) is 0 Å². The van der Waals surface area contributed by atoms with E-state index in [0.717, 1.165) is 23.3 Å². The first-order chi connectivity index (χ1) is 9.97. The fraction of sp³-hybridized carbons (Fsp3) is 0.667. The predicted molar refractivity (Wildman–Crippen MR) is 84.6 cm³/mol. The van der Waals surface area contributed by atoms with E-state index in [1.54, 1.807) is 0 Å². The molecule has 0 amide bonds. The van der Waals surface area contributed by atoms with Crippen LogP contribution >= 0.6 is 0 Å². The van der Waals surface area contributed by atoms with Gasteiger partial charge < -0.3 is 15.0 Å². The Labute approximate surface area is 125 Å². The van der Waals surface area contributed by atoms with E-state index in [1.165, 1.54) is 0 Å². The number of aromatic nitrogens is 4. The molecule has 6 nitrogen and oxygen atoms in total. The number of hydrogen-bond acceptors (Lipinski definition) is 5. The van der Waals surface area contributed by atoms with Gasteiger partial charge in [0.15, 0.2) is 5.65 Å². The van der Waals surface area contributed by atoms with E-state index in [1.807, 2.05) is 17.8 Å². The number of rotatable bonds is 6. The van der Waals surface area contributed by atoms with Gasteiger partial charge in [-0.15, -0.1) is 0 Å². The Bertz CT molecular complexity index is 601. The maximum Gasteiger partial charge on any atom is 0.225 e. The molecule has 0 saturated heterocycles. The third kappa shape index (κ3) is 3.15. The molecular formula is C15H25N5O. The topological polar surface area (TPSA) is 75.9 Å². The van der Waals surface area contributed by atoms with Crippen molar-refractivity contribution in [3.05, 3.63) is 12.0 Å². The molecular weight excluding hydrogens is 266 g/mol. The highest BCUT2D eigenvalue weighted by atomic mass is 16.3. The minimum absolute atomic E-state index is 0.0297. The Hall–Kier alpha value is -1.69. The van der Waals surface area contributed by atoms with E-state index < -0.39 is 0 Å². The molecule has 2 aromatic heterocycles. The van der Waals surface area contributed by atoms with Gasteiger partial charge in [-0.05, 0) is 26.2 Å². The van der Waals surface area contributed by atoms with Gasteiger partial charge in [0.1, 0.15) is 5.52 Å². The van der Waals surface area contributed by atoms with Gasteiger partial charge in [0, 0.05) is 6.04 Å². The van der Waals surface area contributed by atoms with E-state index >= 15 is 0 Å². The fourth-order valence-electron chi connectivity index (χ4n) is 2.24. The van der Waals surface area contributed by atoms with Crippen molar-refractivity contribution in [2.24, 2.45) is 0 Å². The smallest absolute Gasteiger partial charge is 0.225 e. The summed E-state index contributed by atoms with van der Waals surface area (Å²) >= 11 is 0. The first-order valence-corrected chi connectivity index (χ1v) is 7.59. The fourth-order valence-corrected chi connectivity index (χ4v) is 2.24. The standard InChI is InChI=1S/C15H25N5O/c1-6-11(7-21)17-15-18-12(9(2)3)13-14(19-15)20(8-16-13)10(4)5/h8-11,21H,6-7H2,1-5H3,(H,17,18,19)/t11-/m1/s1. The second-order valence-electron chi connectivity index (χ2n) is 5.94. The van der Waals surface area contributed by atoms with Gasteiger partial charge in [-0.3, -0.25) is 0 Å². The minimum atomic E-state index is -0.0297. The second kappa shape index (κ2) is 6.39. The number of anilines is 1. The van der Waals surface area contributed by atoms with Crippen LogP contribution in [-0.2, 0) is 0 Å². The van der Waals surface area contributed by atoms with Crippen molar-refractivity contribution in [2.75, 3.05) is 11.9 Å². The van der Waals surface area contributed by atoms with Gasteiger partial charge >= 0.3 is 0 Å². The maximum atomic E-state index is 9.35. The van der Waals surface area contributed by atoms with Crippen LogP contribution in [-0.4, -0.2) is 37.3 Å². The number of aliphatic hydroxyl groups excluding tert-OH is 1. The van der Waals surface area contributed by atoms with Gasteiger partial charge in [0.25, 0.3) is 0 Å². The lowest BCUT2D eigenvalue weighted by molar-refractivity contribution is 0.271. The third-order valence-electron chi connectivity index (χ3n) is 3.60. The van der Waals surface area contributed by atoms with Gasteiger partial charge in [-0.1, -0.05) is 20.8 Å². The summed E-state index contributed by atoms with van der Waals surface area (Å²) in [6.07, 6.45) is 2.64. The molecule has 2 N–H and O–H groups in total. The van der Waals surface area contributed by atoms with Crippen LogP contribution in [0.3, 0.4) is 0 Å². The molecule has 2 aromatic rings. The predicted octanol–water partition coefficient (Wildman–Crippen LogP) is 2.71. The van der Waals surface area contributed by atoms with Gasteiger partial charge in [-0.2, -0.15) is 4.98 Å². The van der Waals surface area contributed by atoms with Crippen LogP contribution in [0.2, 0.25) is 0 Å². The van der Waals surface area contributed by atoms with E-state index in [-0.39, 0.29) is 24.6 Å². The molecule has 0 unspecified atom stereocenters. The second-order valence-corrected chi connectivity index (χ2v) is 5.94. The molecule has 2 heterocycles. The first-order valence-electron chi connectivity index (χ1n) is 7.59. The summed E-state index contributed by atoms with van der Waals surface area (Å²) in [6.45, 7) is 10.5. The number of nitrogens with zero attached hydrogens (tertiary/aromatic N) is 4. The van der Waals surface area contributed by atoms with Crippen LogP contribution in [0.25, 0.3) is 11.2 Å². The molecule has 0 radical (unpaired) electrons. The van der Waals surface area contributed by atoms with E-state index in [0.29, 0.717) is 5.95 Å². The molecule has 116 valence electrons. The van der Waals surface area contributed by atoms with Gasteiger partial charge in [0.2, 0.25) is 5.95 Å². The Kier molecular flexibility index (Phi) is 4.77. The summed E-state index contributed by atoms with van der Waals surface area (Å²) in [5.41, 5.74) is 2.65. The van der Waals surface area contributed by atoms with Crippen molar-refractivity contribution in [3.8, 4) is 0 Å². The Balaban J connectivity index is 2.54. The molecule has 0 spiro atoms. The van der Waals surface area contributed by atoms with Crippen molar-refractivity contribution >= 4 is 17.1 Å². The summed E-state index contributed by atoms with van der Waals surface area (Å²) in [4.78, 5) is 13.7. The molecule has 0 fully saturated rings. The minimum Gasteiger partial charge on any atom is -0.394 e. The lowest BCUT2D eigenvalue weighted by Gasteiger charge is -2.16. The first kappa shape index (κ1) is 15.7. The largest absolute Gasteiger partial charge is 0.394 e. The average Bonchev–Trinajstić information content (AvgIpc) is 2.87. The van der Waals surface area contributed by atoms with Crippen LogP contribution in [0, 0.1) is 0 Å². The highest BCUT2D eigenvalue weighted by Crippen LogP contribution is 2.25. The molecule has 0 saturated carbocycles. The van der Waals surface area contributed by atoms with Crippen LogP contribution in [0.4, 0.5) is 5.95 Å². The lowest BCUT2D eigenvalue weighted by atomic mass is 10.1. The normalized spacial score (nSPS) is 13.3. The zero-order chi connectivity index (χ0) is 15.6. The SMILES string of the molecule is CC[C@H](CO)Nc1nc(C(C)C)c2ncn(C(C)C)c2n1. The van der Waals surface area contributed by atoms with Gasteiger partial charge in [0.05, 0.1) is 24.7 Å².